The van der Waals surface area contributed by atoms with E-state index in [4.69, 9.17) is 9.97 Å². The van der Waals surface area contributed by atoms with Gasteiger partial charge in [-0.15, -0.1) is 0 Å². The Kier molecular flexibility index (Phi) is 5.23. The molecule has 166 valence electrons. The Morgan fingerprint density at radius 1 is 1.09 bits per heavy atom. The summed E-state index contributed by atoms with van der Waals surface area (Å²) < 4.78 is 8.04. The maximum atomic E-state index is 11.9. The van der Waals surface area contributed by atoms with E-state index in [-0.39, 0.29) is 5.91 Å². The number of nitrogens with one attached hydrogen (secondary N) is 3. The lowest BCUT2D eigenvalue weighted by Gasteiger charge is -2.12. The molecular weight excluding hydrogens is 438 g/mol. The van der Waals surface area contributed by atoms with Crippen LogP contribution in [0.2, 0.25) is 0 Å². The molecule has 3 N–H and O–H groups in total. The van der Waals surface area contributed by atoms with Crippen LogP contribution in [0.5, 0.6) is 0 Å². The zero-order valence-electron chi connectivity index (χ0n) is 18.2. The standard InChI is InChI=1S/C22H21N9OS/c1-13-10-18(33-29-13)27-22-26-17-8-9-31(16-11-24-30(3)12-16)19(17)20(28-22)25-15-6-4-14(5-7-15)21(32)23-2/h4-12H,1-3H3,(H,23,32)(H2,25,26,27,28). The quantitative estimate of drug-likeness (QED) is 0.354. The van der Waals surface area contributed by atoms with Crippen molar-refractivity contribution in [2.24, 2.45) is 7.05 Å². The highest BCUT2D eigenvalue weighted by Gasteiger charge is 2.16. The number of rotatable bonds is 6. The first kappa shape index (κ1) is 20.6. The molecular formula is C22H21N9OS. The molecule has 11 heteroatoms. The first-order valence-electron chi connectivity index (χ1n) is 10.2. The van der Waals surface area contributed by atoms with Crippen LogP contribution in [-0.2, 0) is 7.05 Å². The Bertz CT molecular complexity index is 1450. The minimum atomic E-state index is -0.136. The second-order valence-corrected chi connectivity index (χ2v) is 8.23. The Balaban J connectivity index is 1.58. The van der Waals surface area contributed by atoms with Crippen molar-refractivity contribution in [2.75, 3.05) is 17.7 Å². The third kappa shape index (κ3) is 4.13. The van der Waals surface area contributed by atoms with Crippen LogP contribution in [0, 0.1) is 6.92 Å². The summed E-state index contributed by atoms with van der Waals surface area (Å²) in [4.78, 5) is 21.3. The fourth-order valence-corrected chi connectivity index (χ4v) is 4.11. The third-order valence-electron chi connectivity index (χ3n) is 5.00. The van der Waals surface area contributed by atoms with Crippen molar-refractivity contribution in [3.8, 4) is 5.69 Å². The van der Waals surface area contributed by atoms with Gasteiger partial charge in [0.25, 0.3) is 5.91 Å². The Morgan fingerprint density at radius 3 is 2.58 bits per heavy atom. The first-order chi connectivity index (χ1) is 16.0. The molecule has 4 aromatic heterocycles. The number of aryl methyl sites for hydroxylation is 2. The lowest BCUT2D eigenvalue weighted by molar-refractivity contribution is 0.0963. The van der Waals surface area contributed by atoms with Crippen molar-refractivity contribution < 1.29 is 4.79 Å². The second-order valence-electron chi connectivity index (χ2n) is 7.43. The number of anilines is 4. The van der Waals surface area contributed by atoms with Crippen LogP contribution in [0.3, 0.4) is 0 Å². The minimum Gasteiger partial charge on any atom is -0.355 e. The van der Waals surface area contributed by atoms with Crippen molar-refractivity contribution in [2.45, 2.75) is 6.92 Å². The van der Waals surface area contributed by atoms with E-state index in [2.05, 4.69) is 25.4 Å². The molecule has 10 nitrogen and oxygen atoms in total. The summed E-state index contributed by atoms with van der Waals surface area (Å²) >= 11 is 1.36. The summed E-state index contributed by atoms with van der Waals surface area (Å²) in [6.07, 6.45) is 5.65. The summed E-state index contributed by atoms with van der Waals surface area (Å²) in [5.41, 5.74) is 4.78. The van der Waals surface area contributed by atoms with E-state index in [0.29, 0.717) is 17.3 Å². The van der Waals surface area contributed by atoms with E-state index in [1.807, 2.05) is 55.2 Å². The highest BCUT2D eigenvalue weighted by Crippen LogP contribution is 2.30. The molecule has 5 aromatic rings. The average molecular weight is 460 g/mol. The number of amides is 1. The molecule has 33 heavy (non-hydrogen) atoms. The lowest BCUT2D eigenvalue weighted by Crippen LogP contribution is -2.17. The van der Waals surface area contributed by atoms with Crippen molar-refractivity contribution >= 4 is 50.9 Å². The summed E-state index contributed by atoms with van der Waals surface area (Å²) in [5, 5.41) is 14.4. The van der Waals surface area contributed by atoms with Crippen LogP contribution in [0.1, 0.15) is 16.1 Å². The van der Waals surface area contributed by atoms with Gasteiger partial charge >= 0.3 is 0 Å². The van der Waals surface area contributed by atoms with Gasteiger partial charge in [-0.05, 0) is 54.9 Å². The molecule has 0 saturated carbocycles. The van der Waals surface area contributed by atoms with Gasteiger partial charge in [-0.2, -0.15) is 14.5 Å². The van der Waals surface area contributed by atoms with Gasteiger partial charge in [0.1, 0.15) is 10.5 Å². The molecule has 0 aliphatic carbocycles. The number of carbonyl (C=O) groups is 1. The molecule has 0 saturated heterocycles. The lowest BCUT2D eigenvalue weighted by atomic mass is 10.2. The van der Waals surface area contributed by atoms with Gasteiger partial charge in [0.15, 0.2) is 5.82 Å². The van der Waals surface area contributed by atoms with Crippen molar-refractivity contribution in [1.82, 2.24) is 34.0 Å². The smallest absolute Gasteiger partial charge is 0.251 e. The van der Waals surface area contributed by atoms with Gasteiger partial charge in [-0.25, -0.2) is 4.98 Å². The van der Waals surface area contributed by atoms with E-state index in [9.17, 15) is 4.79 Å². The topological polar surface area (TPSA) is 115 Å². The van der Waals surface area contributed by atoms with E-state index < -0.39 is 0 Å². The second kappa shape index (κ2) is 8.36. The van der Waals surface area contributed by atoms with Gasteiger partial charge < -0.3 is 20.5 Å². The van der Waals surface area contributed by atoms with Crippen LogP contribution < -0.4 is 16.0 Å². The number of hydrogen-bond acceptors (Lipinski definition) is 8. The van der Waals surface area contributed by atoms with Gasteiger partial charge in [0.2, 0.25) is 5.95 Å². The zero-order valence-corrected chi connectivity index (χ0v) is 19.0. The summed E-state index contributed by atoms with van der Waals surface area (Å²) in [6, 6.07) is 11.1. The molecule has 0 spiro atoms. The number of benzene rings is 1. The van der Waals surface area contributed by atoms with Crippen LogP contribution >= 0.6 is 11.5 Å². The van der Waals surface area contributed by atoms with Crippen molar-refractivity contribution in [1.29, 1.82) is 0 Å². The maximum absolute atomic E-state index is 11.9. The van der Waals surface area contributed by atoms with Crippen molar-refractivity contribution in [3.05, 3.63) is 66.2 Å². The molecule has 0 radical (unpaired) electrons. The highest BCUT2D eigenvalue weighted by molar-refractivity contribution is 7.10. The number of nitrogens with zero attached hydrogens (tertiary/aromatic N) is 6. The summed E-state index contributed by atoms with van der Waals surface area (Å²) in [6.45, 7) is 1.94. The number of carbonyl (C=O) groups excluding carboxylic acids is 1. The monoisotopic (exact) mass is 459 g/mol. The molecule has 0 aliphatic rings. The summed E-state index contributed by atoms with van der Waals surface area (Å²) in [5.74, 6) is 0.938. The van der Waals surface area contributed by atoms with Gasteiger partial charge in [0.05, 0.1) is 23.1 Å². The molecule has 4 heterocycles. The first-order valence-corrected chi connectivity index (χ1v) is 10.9. The SMILES string of the molecule is CNC(=O)c1ccc(Nc2nc(Nc3cc(C)ns3)nc3ccn(-c4cnn(C)c4)c23)cc1. The predicted octanol–water partition coefficient (Wildman–Crippen LogP) is 3.77. The van der Waals surface area contributed by atoms with Crippen molar-refractivity contribution in [3.63, 3.8) is 0 Å². The van der Waals surface area contributed by atoms with E-state index in [1.54, 1.807) is 30.1 Å². The molecule has 0 unspecified atom stereocenters. The van der Waals surface area contributed by atoms with Gasteiger partial charge in [-0.3, -0.25) is 9.48 Å². The normalized spacial score (nSPS) is 11.0. The minimum absolute atomic E-state index is 0.136. The van der Waals surface area contributed by atoms with Crippen LogP contribution in [-0.4, -0.2) is 41.6 Å². The largest absolute Gasteiger partial charge is 0.355 e. The number of aromatic nitrogens is 6. The molecule has 1 amide bonds. The number of hydrogen-bond donors (Lipinski definition) is 3. The van der Waals surface area contributed by atoms with E-state index in [1.165, 1.54) is 11.5 Å². The fraction of sp³-hybridized carbons (Fsp3) is 0.136. The Labute approximate surface area is 193 Å². The van der Waals surface area contributed by atoms with E-state index >= 15 is 0 Å². The van der Waals surface area contributed by atoms with Crippen LogP contribution in [0.4, 0.5) is 22.5 Å². The number of fused-ring (bicyclic) bond motifs is 1. The summed E-state index contributed by atoms with van der Waals surface area (Å²) in [7, 11) is 3.48. The third-order valence-corrected chi connectivity index (χ3v) is 5.80. The molecule has 0 aliphatic heterocycles. The zero-order chi connectivity index (χ0) is 22.9. The van der Waals surface area contributed by atoms with E-state index in [0.717, 1.165) is 33.1 Å². The molecule has 1 aromatic carbocycles. The predicted molar refractivity (Wildman–Crippen MR) is 129 cm³/mol. The van der Waals surface area contributed by atoms with Crippen LogP contribution in [0.15, 0.2) is 55.0 Å². The molecule has 0 fully saturated rings. The molecule has 5 rings (SSSR count). The Morgan fingerprint density at radius 2 is 1.91 bits per heavy atom. The molecule has 0 bridgehead atoms. The molecule has 0 atom stereocenters. The van der Waals surface area contributed by atoms with Gasteiger partial charge in [0, 0.05) is 37.7 Å². The highest BCUT2D eigenvalue weighted by atomic mass is 32.1. The Hall–Kier alpha value is -4.25. The fourth-order valence-electron chi connectivity index (χ4n) is 3.46. The van der Waals surface area contributed by atoms with Gasteiger partial charge in [-0.1, -0.05) is 0 Å². The average Bonchev–Trinajstić information content (AvgIpc) is 3.53. The van der Waals surface area contributed by atoms with Crippen LogP contribution in [0.25, 0.3) is 16.7 Å². The maximum Gasteiger partial charge on any atom is 0.251 e.